The van der Waals surface area contributed by atoms with E-state index in [-0.39, 0.29) is 29.9 Å². The van der Waals surface area contributed by atoms with Gasteiger partial charge < -0.3 is 10.6 Å². The van der Waals surface area contributed by atoms with Crippen LogP contribution in [-0.4, -0.2) is 34.8 Å². The molecule has 1 aliphatic rings. The third-order valence-electron chi connectivity index (χ3n) is 4.19. The number of hydrogen-bond acceptors (Lipinski definition) is 3. The summed E-state index contributed by atoms with van der Waals surface area (Å²) in [5.41, 5.74) is 1.63. The Kier molecular flexibility index (Phi) is 6.44. The molecule has 2 N–H and O–H groups in total. The van der Waals surface area contributed by atoms with Crippen molar-refractivity contribution < 1.29 is 4.79 Å². The summed E-state index contributed by atoms with van der Waals surface area (Å²) >= 11 is 0. The van der Waals surface area contributed by atoms with Crippen LogP contribution in [0.2, 0.25) is 0 Å². The zero-order valence-electron chi connectivity index (χ0n) is 14.3. The summed E-state index contributed by atoms with van der Waals surface area (Å²) in [6.45, 7) is 12.5. The maximum atomic E-state index is 12.6. The first-order chi connectivity index (χ1) is 9.84. The SMILES string of the molecule is CCc1c(C(=O)NC2CCNCC2C)cnn1C(C)(C)C.Cl. The van der Waals surface area contributed by atoms with Gasteiger partial charge in [0.1, 0.15) is 0 Å². The van der Waals surface area contributed by atoms with Crippen LogP contribution in [0.1, 0.15) is 57.1 Å². The molecule has 1 aliphatic heterocycles. The van der Waals surface area contributed by atoms with Crippen LogP contribution >= 0.6 is 12.4 Å². The van der Waals surface area contributed by atoms with Crippen LogP contribution in [0, 0.1) is 5.92 Å². The largest absolute Gasteiger partial charge is 0.349 e. The van der Waals surface area contributed by atoms with Gasteiger partial charge in [-0.2, -0.15) is 5.10 Å². The Labute approximate surface area is 139 Å². The normalized spacial score (nSPS) is 22.0. The van der Waals surface area contributed by atoms with Crippen LogP contribution in [0.4, 0.5) is 0 Å². The van der Waals surface area contributed by atoms with Crippen LogP contribution < -0.4 is 10.6 Å². The molecule has 0 aliphatic carbocycles. The summed E-state index contributed by atoms with van der Waals surface area (Å²) in [5, 5.41) is 11.0. The zero-order valence-corrected chi connectivity index (χ0v) is 15.1. The number of piperidine rings is 1. The van der Waals surface area contributed by atoms with E-state index in [1.165, 1.54) is 0 Å². The molecular formula is C16H29ClN4O. The van der Waals surface area contributed by atoms with Gasteiger partial charge in [-0.1, -0.05) is 13.8 Å². The fraction of sp³-hybridized carbons (Fsp3) is 0.750. The van der Waals surface area contributed by atoms with Gasteiger partial charge in [0.05, 0.1) is 23.0 Å². The summed E-state index contributed by atoms with van der Waals surface area (Å²) in [6.07, 6.45) is 3.51. The number of aromatic nitrogens is 2. The number of nitrogens with one attached hydrogen (secondary N) is 2. The maximum Gasteiger partial charge on any atom is 0.254 e. The Bertz CT molecular complexity index is 507. The van der Waals surface area contributed by atoms with Gasteiger partial charge in [-0.25, -0.2) is 0 Å². The zero-order chi connectivity index (χ0) is 15.6. The molecule has 2 heterocycles. The van der Waals surface area contributed by atoms with Gasteiger partial charge in [0, 0.05) is 6.04 Å². The molecule has 2 rings (SSSR count). The molecule has 1 saturated heterocycles. The molecule has 5 nitrogen and oxygen atoms in total. The second kappa shape index (κ2) is 7.47. The molecule has 0 saturated carbocycles. The number of rotatable bonds is 3. The van der Waals surface area contributed by atoms with Crippen LogP contribution in [0.25, 0.3) is 0 Å². The molecule has 126 valence electrons. The number of halogens is 1. The maximum absolute atomic E-state index is 12.6. The molecule has 22 heavy (non-hydrogen) atoms. The summed E-state index contributed by atoms with van der Waals surface area (Å²) in [7, 11) is 0. The molecule has 1 amide bonds. The molecule has 1 aromatic heterocycles. The topological polar surface area (TPSA) is 59.0 Å². The third-order valence-corrected chi connectivity index (χ3v) is 4.19. The van der Waals surface area contributed by atoms with Crippen molar-refractivity contribution in [2.75, 3.05) is 13.1 Å². The van der Waals surface area contributed by atoms with Crippen LogP contribution in [0.5, 0.6) is 0 Å². The molecule has 0 aromatic carbocycles. The molecule has 0 spiro atoms. The van der Waals surface area contributed by atoms with Gasteiger partial charge in [0.25, 0.3) is 5.91 Å². The van der Waals surface area contributed by atoms with E-state index in [1.54, 1.807) is 6.20 Å². The average molecular weight is 329 g/mol. The average Bonchev–Trinajstić information content (AvgIpc) is 2.85. The Balaban J connectivity index is 0.00000242. The number of amides is 1. The van der Waals surface area contributed by atoms with Crippen molar-refractivity contribution in [3.05, 3.63) is 17.5 Å². The lowest BCUT2D eigenvalue weighted by Gasteiger charge is -2.30. The van der Waals surface area contributed by atoms with E-state index in [0.717, 1.165) is 37.2 Å². The first-order valence-corrected chi connectivity index (χ1v) is 7.93. The van der Waals surface area contributed by atoms with Gasteiger partial charge in [0.2, 0.25) is 0 Å². The number of nitrogens with zero attached hydrogens (tertiary/aromatic N) is 2. The lowest BCUT2D eigenvalue weighted by Crippen LogP contribution is -2.48. The van der Waals surface area contributed by atoms with Gasteiger partial charge >= 0.3 is 0 Å². The van der Waals surface area contributed by atoms with Gasteiger partial charge in [-0.15, -0.1) is 12.4 Å². The van der Waals surface area contributed by atoms with Crippen molar-refractivity contribution in [1.82, 2.24) is 20.4 Å². The Morgan fingerprint density at radius 2 is 2.18 bits per heavy atom. The number of carbonyl (C=O) groups is 1. The van der Waals surface area contributed by atoms with E-state index in [9.17, 15) is 4.79 Å². The number of carbonyl (C=O) groups excluding carboxylic acids is 1. The lowest BCUT2D eigenvalue weighted by molar-refractivity contribution is 0.0913. The standard InChI is InChI=1S/C16H28N4O.ClH/c1-6-14-12(10-18-20(14)16(3,4)5)15(21)19-13-7-8-17-9-11(13)2;/h10-11,13,17H,6-9H2,1-5H3,(H,19,21);1H. The predicted molar refractivity (Wildman–Crippen MR) is 91.8 cm³/mol. The van der Waals surface area contributed by atoms with Crippen molar-refractivity contribution >= 4 is 18.3 Å². The quantitative estimate of drug-likeness (QED) is 0.895. The summed E-state index contributed by atoms with van der Waals surface area (Å²) in [4.78, 5) is 12.6. The molecule has 1 fully saturated rings. The monoisotopic (exact) mass is 328 g/mol. The highest BCUT2D eigenvalue weighted by molar-refractivity contribution is 5.95. The van der Waals surface area contributed by atoms with Crippen molar-refractivity contribution in [3.63, 3.8) is 0 Å². The molecule has 2 unspecified atom stereocenters. The smallest absolute Gasteiger partial charge is 0.254 e. The molecule has 1 aromatic rings. The van der Waals surface area contributed by atoms with E-state index < -0.39 is 0 Å². The van der Waals surface area contributed by atoms with Crippen LogP contribution in [-0.2, 0) is 12.0 Å². The first kappa shape index (κ1) is 19.0. The first-order valence-electron chi connectivity index (χ1n) is 7.93. The van der Waals surface area contributed by atoms with Gasteiger partial charge in [0.15, 0.2) is 0 Å². The lowest BCUT2D eigenvalue weighted by atomic mass is 9.95. The Morgan fingerprint density at radius 3 is 2.73 bits per heavy atom. The molecule has 6 heteroatoms. The minimum Gasteiger partial charge on any atom is -0.349 e. The van der Waals surface area contributed by atoms with Gasteiger partial charge in [-0.3, -0.25) is 9.48 Å². The highest BCUT2D eigenvalue weighted by Crippen LogP contribution is 2.20. The van der Waals surface area contributed by atoms with E-state index in [1.807, 2.05) is 4.68 Å². The highest BCUT2D eigenvalue weighted by Gasteiger charge is 2.27. The molecule has 0 bridgehead atoms. The minimum atomic E-state index is -0.105. The molecule has 2 atom stereocenters. The third kappa shape index (κ3) is 4.02. The summed E-state index contributed by atoms with van der Waals surface area (Å²) in [5.74, 6) is 0.478. The summed E-state index contributed by atoms with van der Waals surface area (Å²) < 4.78 is 1.97. The van der Waals surface area contributed by atoms with Crippen molar-refractivity contribution in [2.45, 2.75) is 59.0 Å². The Morgan fingerprint density at radius 1 is 1.50 bits per heavy atom. The van der Waals surface area contributed by atoms with E-state index in [0.29, 0.717) is 5.92 Å². The fourth-order valence-corrected chi connectivity index (χ4v) is 2.96. The van der Waals surface area contributed by atoms with E-state index >= 15 is 0 Å². The minimum absolute atomic E-state index is 0. The van der Waals surface area contributed by atoms with Crippen molar-refractivity contribution in [2.24, 2.45) is 5.92 Å². The van der Waals surface area contributed by atoms with Crippen LogP contribution in [0.15, 0.2) is 6.20 Å². The van der Waals surface area contributed by atoms with Crippen LogP contribution in [0.3, 0.4) is 0 Å². The van der Waals surface area contributed by atoms with E-state index in [2.05, 4.69) is 50.4 Å². The predicted octanol–water partition coefficient (Wildman–Crippen LogP) is 2.35. The van der Waals surface area contributed by atoms with Gasteiger partial charge in [-0.05, 0) is 52.6 Å². The summed E-state index contributed by atoms with van der Waals surface area (Å²) in [6, 6.07) is 0.251. The fourth-order valence-electron chi connectivity index (χ4n) is 2.96. The Hall–Kier alpha value is -1.07. The second-order valence-electron chi connectivity index (χ2n) is 6.99. The van der Waals surface area contributed by atoms with Crippen molar-refractivity contribution in [1.29, 1.82) is 0 Å². The van der Waals surface area contributed by atoms with Crippen molar-refractivity contribution in [3.8, 4) is 0 Å². The second-order valence-corrected chi connectivity index (χ2v) is 6.99. The molecular weight excluding hydrogens is 300 g/mol. The van der Waals surface area contributed by atoms with E-state index in [4.69, 9.17) is 0 Å². The molecule has 0 radical (unpaired) electrons. The number of hydrogen-bond donors (Lipinski definition) is 2. The highest BCUT2D eigenvalue weighted by atomic mass is 35.5.